The maximum atomic E-state index is 9.10. The molecule has 1 aromatic rings. The standard InChI is InChI=1S/C6H14O2.C5H3BClN/c1-5(2,7)6(3,4)8;6-4-2-1-3-5(7)8-4/h7-8H,1-4H3;1-3H. The Kier molecular flexibility index (Phi) is 5.46. The molecule has 0 saturated carbocycles. The van der Waals surface area contributed by atoms with Crippen molar-refractivity contribution >= 4 is 25.0 Å². The van der Waals surface area contributed by atoms with Gasteiger partial charge in [0.05, 0.1) is 11.2 Å². The number of hydrogen-bond donors (Lipinski definition) is 2. The summed E-state index contributed by atoms with van der Waals surface area (Å²) in [6, 6.07) is 5.12. The summed E-state index contributed by atoms with van der Waals surface area (Å²) in [5.74, 6) is 0. The van der Waals surface area contributed by atoms with Gasteiger partial charge >= 0.3 is 0 Å². The van der Waals surface area contributed by atoms with Crippen LogP contribution in [0.4, 0.5) is 0 Å². The van der Waals surface area contributed by atoms with Crippen molar-refractivity contribution in [1.82, 2.24) is 4.98 Å². The molecule has 0 aliphatic heterocycles. The summed E-state index contributed by atoms with van der Waals surface area (Å²) in [6.45, 7) is 6.31. The van der Waals surface area contributed by atoms with Gasteiger partial charge in [-0.25, -0.2) is 0 Å². The number of aliphatic hydroxyl groups is 2. The number of halogens is 1. The minimum absolute atomic E-state index is 0.435. The van der Waals surface area contributed by atoms with Gasteiger partial charge in [0.1, 0.15) is 13.0 Å². The Morgan fingerprint density at radius 1 is 1.12 bits per heavy atom. The Hall–Kier alpha value is -0.575. The minimum atomic E-state index is -1.01. The molecule has 0 aliphatic carbocycles. The van der Waals surface area contributed by atoms with Crippen molar-refractivity contribution in [3.8, 4) is 0 Å². The van der Waals surface area contributed by atoms with Crippen molar-refractivity contribution in [2.24, 2.45) is 0 Å². The lowest BCUT2D eigenvalue weighted by Crippen LogP contribution is -2.44. The summed E-state index contributed by atoms with van der Waals surface area (Å²) in [5.41, 5.74) is -1.56. The molecule has 1 heterocycles. The van der Waals surface area contributed by atoms with Crippen LogP contribution in [0.25, 0.3) is 0 Å². The average molecular weight is 242 g/mol. The van der Waals surface area contributed by atoms with Crippen LogP contribution in [0.2, 0.25) is 5.15 Å². The third-order valence-electron chi connectivity index (χ3n) is 2.23. The molecular formula is C11H17BClNO2. The van der Waals surface area contributed by atoms with Gasteiger partial charge in [-0.15, -0.1) is 0 Å². The van der Waals surface area contributed by atoms with Gasteiger partial charge < -0.3 is 10.2 Å². The first-order valence-corrected chi connectivity index (χ1v) is 5.24. The highest BCUT2D eigenvalue weighted by molar-refractivity contribution is 6.33. The van der Waals surface area contributed by atoms with Crippen LogP contribution in [0.15, 0.2) is 18.2 Å². The molecule has 88 valence electrons. The number of rotatable bonds is 1. The predicted molar refractivity (Wildman–Crippen MR) is 67.2 cm³/mol. The largest absolute Gasteiger partial charge is 0.387 e. The maximum absolute atomic E-state index is 9.10. The summed E-state index contributed by atoms with van der Waals surface area (Å²) in [7, 11) is 5.26. The molecule has 2 radical (unpaired) electrons. The molecule has 0 fully saturated rings. The molecule has 0 spiro atoms. The lowest BCUT2D eigenvalue weighted by atomic mass is 9.90. The van der Waals surface area contributed by atoms with E-state index >= 15 is 0 Å². The molecule has 16 heavy (non-hydrogen) atoms. The van der Waals surface area contributed by atoms with Crippen LogP contribution in [0.5, 0.6) is 0 Å². The van der Waals surface area contributed by atoms with Gasteiger partial charge in [0.15, 0.2) is 0 Å². The Morgan fingerprint density at radius 2 is 1.56 bits per heavy atom. The van der Waals surface area contributed by atoms with Gasteiger partial charge in [0.2, 0.25) is 0 Å². The van der Waals surface area contributed by atoms with Crippen molar-refractivity contribution in [2.45, 2.75) is 38.9 Å². The lowest BCUT2D eigenvalue weighted by molar-refractivity contribution is -0.107. The van der Waals surface area contributed by atoms with E-state index in [1.165, 1.54) is 0 Å². The molecule has 3 nitrogen and oxygen atoms in total. The van der Waals surface area contributed by atoms with Crippen molar-refractivity contribution in [2.75, 3.05) is 0 Å². The smallest absolute Gasteiger partial charge is 0.141 e. The highest BCUT2D eigenvalue weighted by Crippen LogP contribution is 2.19. The van der Waals surface area contributed by atoms with Crippen LogP contribution < -0.4 is 5.59 Å². The van der Waals surface area contributed by atoms with Gasteiger partial charge in [0.25, 0.3) is 0 Å². The SMILES string of the molecule is CC(C)(O)C(C)(C)O.[B]c1cccc(Cl)n1. The van der Waals surface area contributed by atoms with Crippen LogP contribution >= 0.6 is 11.6 Å². The van der Waals surface area contributed by atoms with Crippen LogP contribution in [0, 0.1) is 0 Å². The first kappa shape index (κ1) is 15.4. The zero-order chi connectivity index (χ0) is 13.0. The van der Waals surface area contributed by atoms with Crippen molar-refractivity contribution in [3.05, 3.63) is 23.4 Å². The Morgan fingerprint density at radius 3 is 1.75 bits per heavy atom. The van der Waals surface area contributed by atoms with Gasteiger partial charge in [-0.3, -0.25) is 4.98 Å². The summed E-state index contributed by atoms with van der Waals surface area (Å²) in [5, 5.41) is 18.6. The van der Waals surface area contributed by atoms with Gasteiger partial charge in [0, 0.05) is 0 Å². The monoisotopic (exact) mass is 241 g/mol. The fourth-order valence-electron chi connectivity index (χ4n) is 0.424. The molecule has 5 heteroatoms. The highest BCUT2D eigenvalue weighted by atomic mass is 35.5. The lowest BCUT2D eigenvalue weighted by Gasteiger charge is -2.31. The third-order valence-corrected chi connectivity index (χ3v) is 2.44. The molecule has 2 N–H and O–H groups in total. The molecule has 0 aliphatic rings. The zero-order valence-corrected chi connectivity index (χ0v) is 10.8. The second-order valence-electron chi connectivity index (χ2n) is 4.50. The van der Waals surface area contributed by atoms with Crippen LogP contribution in [-0.2, 0) is 0 Å². The van der Waals surface area contributed by atoms with E-state index in [1.54, 1.807) is 45.9 Å². The molecule has 0 aromatic carbocycles. The zero-order valence-electron chi connectivity index (χ0n) is 10.0. The molecule has 1 rings (SSSR count). The second-order valence-corrected chi connectivity index (χ2v) is 4.89. The van der Waals surface area contributed by atoms with E-state index in [9.17, 15) is 0 Å². The van der Waals surface area contributed by atoms with E-state index in [-0.39, 0.29) is 0 Å². The Bertz CT molecular complexity index is 302. The van der Waals surface area contributed by atoms with Crippen molar-refractivity contribution in [1.29, 1.82) is 0 Å². The quantitative estimate of drug-likeness (QED) is 0.571. The molecule has 1 aromatic heterocycles. The van der Waals surface area contributed by atoms with E-state index in [4.69, 9.17) is 29.7 Å². The first-order valence-electron chi connectivity index (χ1n) is 4.87. The van der Waals surface area contributed by atoms with Crippen LogP contribution in [-0.4, -0.2) is 34.2 Å². The molecule has 0 bridgehead atoms. The van der Waals surface area contributed by atoms with Gasteiger partial charge in [-0.05, 0) is 39.4 Å². The minimum Gasteiger partial charge on any atom is -0.387 e. The summed E-state index contributed by atoms with van der Waals surface area (Å²) < 4.78 is 0. The first-order chi connectivity index (χ1) is 7.04. The second kappa shape index (κ2) is 5.66. The Labute approximate surface area is 103 Å². The van der Waals surface area contributed by atoms with E-state index < -0.39 is 11.2 Å². The molecule has 0 saturated heterocycles. The number of aromatic nitrogens is 1. The van der Waals surface area contributed by atoms with E-state index in [1.807, 2.05) is 0 Å². The number of pyridine rings is 1. The molecule has 0 atom stereocenters. The highest BCUT2D eigenvalue weighted by Gasteiger charge is 2.31. The summed E-state index contributed by atoms with van der Waals surface area (Å²) in [4.78, 5) is 3.72. The normalized spacial score (nSPS) is 11.7. The summed E-state index contributed by atoms with van der Waals surface area (Å²) >= 11 is 5.45. The average Bonchev–Trinajstić information content (AvgIpc) is 2.00. The Balaban J connectivity index is 0.000000281. The number of nitrogens with zero attached hydrogens (tertiary/aromatic N) is 1. The topological polar surface area (TPSA) is 53.4 Å². The molecule has 0 unspecified atom stereocenters. The fourth-order valence-corrected chi connectivity index (χ4v) is 0.594. The predicted octanol–water partition coefficient (Wildman–Crippen LogP) is 1.06. The summed E-state index contributed by atoms with van der Waals surface area (Å²) in [6.07, 6.45) is 0. The van der Waals surface area contributed by atoms with Crippen LogP contribution in [0.1, 0.15) is 27.7 Å². The van der Waals surface area contributed by atoms with Gasteiger partial charge in [-0.2, -0.15) is 0 Å². The van der Waals surface area contributed by atoms with Gasteiger partial charge in [-0.1, -0.05) is 23.7 Å². The molecule has 0 amide bonds. The maximum Gasteiger partial charge on any atom is 0.141 e. The van der Waals surface area contributed by atoms with E-state index in [2.05, 4.69) is 4.98 Å². The number of hydrogen-bond acceptors (Lipinski definition) is 3. The fraction of sp³-hybridized carbons (Fsp3) is 0.545. The third kappa shape index (κ3) is 6.11. The van der Waals surface area contributed by atoms with Crippen molar-refractivity contribution < 1.29 is 10.2 Å². The van der Waals surface area contributed by atoms with E-state index in [0.717, 1.165) is 0 Å². The van der Waals surface area contributed by atoms with Crippen LogP contribution in [0.3, 0.4) is 0 Å². The molecular weight excluding hydrogens is 224 g/mol. The van der Waals surface area contributed by atoms with Crippen molar-refractivity contribution in [3.63, 3.8) is 0 Å². The van der Waals surface area contributed by atoms with E-state index in [0.29, 0.717) is 10.7 Å².